The Labute approximate surface area is 190 Å². The van der Waals surface area contributed by atoms with Crippen LogP contribution in [0.4, 0.5) is 0 Å². The quantitative estimate of drug-likeness (QED) is 0.459. The molecule has 3 fully saturated rings. The molecule has 170 valence electrons. The van der Waals surface area contributed by atoms with E-state index in [2.05, 4.69) is 62.3 Å². The molecule has 0 aromatic heterocycles. The minimum Gasteiger partial charge on any atom is -0.392 e. The van der Waals surface area contributed by atoms with Crippen molar-refractivity contribution in [3.05, 3.63) is 33.4 Å². The standard InChI is InChI=1S/C30H44O/c1-15-20-10-18(27(20,4)5)11-22(15)30(14-19-12-23(17(30)3)28(19,6)7)25-16(2)21-13-24(26(25)31)29(21,8)9/h18-19,22,24-26,31H,10-14H2,1-9H3/t18?,19?,22?,24?,25?,26-,30?/m0/s1. The molecule has 1 nitrogen and oxygen atoms in total. The van der Waals surface area contributed by atoms with Crippen LogP contribution in [0.2, 0.25) is 0 Å². The minimum atomic E-state index is -0.187. The second kappa shape index (κ2) is 5.63. The molecule has 0 heterocycles. The van der Waals surface area contributed by atoms with Crippen LogP contribution in [0.25, 0.3) is 0 Å². The summed E-state index contributed by atoms with van der Waals surface area (Å²) in [4.78, 5) is 0. The van der Waals surface area contributed by atoms with Gasteiger partial charge in [0.25, 0.3) is 0 Å². The summed E-state index contributed by atoms with van der Waals surface area (Å²) in [6, 6.07) is 0. The second-order valence-electron chi connectivity index (χ2n) is 14.2. The Morgan fingerprint density at radius 2 is 1.29 bits per heavy atom. The van der Waals surface area contributed by atoms with E-state index >= 15 is 0 Å². The van der Waals surface area contributed by atoms with Crippen molar-refractivity contribution in [3.63, 3.8) is 0 Å². The van der Waals surface area contributed by atoms with Gasteiger partial charge in [0.2, 0.25) is 0 Å². The Hall–Kier alpha value is -0.820. The summed E-state index contributed by atoms with van der Waals surface area (Å²) >= 11 is 0. The van der Waals surface area contributed by atoms with Gasteiger partial charge in [-0.15, -0.1) is 0 Å². The average Bonchev–Trinajstić information content (AvgIpc) is 2.67. The maximum atomic E-state index is 12.0. The smallest absolute Gasteiger partial charge is 0.0653 e. The molecule has 1 heteroatoms. The lowest BCUT2D eigenvalue weighted by molar-refractivity contribution is -0.110. The summed E-state index contributed by atoms with van der Waals surface area (Å²) in [7, 11) is 0. The fourth-order valence-corrected chi connectivity index (χ4v) is 10.3. The van der Waals surface area contributed by atoms with Crippen molar-refractivity contribution in [1.29, 1.82) is 0 Å². The van der Waals surface area contributed by atoms with E-state index in [9.17, 15) is 5.11 Å². The van der Waals surface area contributed by atoms with Crippen LogP contribution in [0.15, 0.2) is 33.4 Å². The number of allylic oxidation sites excluding steroid dienone is 5. The van der Waals surface area contributed by atoms with Crippen molar-refractivity contribution in [1.82, 2.24) is 0 Å². The van der Waals surface area contributed by atoms with E-state index in [1.165, 1.54) is 25.7 Å². The molecule has 9 aliphatic carbocycles. The maximum Gasteiger partial charge on any atom is 0.0653 e. The van der Waals surface area contributed by atoms with Crippen LogP contribution in [0.3, 0.4) is 0 Å². The van der Waals surface area contributed by atoms with Crippen molar-refractivity contribution in [3.8, 4) is 0 Å². The number of hydrogen-bond donors (Lipinski definition) is 1. The van der Waals surface area contributed by atoms with Crippen LogP contribution in [0.1, 0.15) is 94.4 Å². The van der Waals surface area contributed by atoms with Crippen LogP contribution >= 0.6 is 0 Å². The Morgan fingerprint density at radius 1 is 0.710 bits per heavy atom. The maximum absolute atomic E-state index is 12.0. The molecule has 0 aliphatic heterocycles. The molecule has 31 heavy (non-hydrogen) atoms. The molecule has 1 N–H and O–H groups in total. The second-order valence-corrected chi connectivity index (χ2v) is 14.2. The predicted molar refractivity (Wildman–Crippen MR) is 128 cm³/mol. The third-order valence-corrected chi connectivity index (χ3v) is 12.8. The van der Waals surface area contributed by atoms with E-state index < -0.39 is 0 Å². The Bertz CT molecular complexity index is 982. The zero-order valence-electron chi connectivity index (χ0n) is 21.4. The lowest BCUT2D eigenvalue weighted by Gasteiger charge is -2.69. The minimum absolute atomic E-state index is 0.141. The third kappa shape index (κ3) is 2.06. The zero-order chi connectivity index (χ0) is 22.5. The molecule has 0 saturated heterocycles. The van der Waals surface area contributed by atoms with E-state index in [-0.39, 0.29) is 16.9 Å². The number of hydrogen-bond acceptors (Lipinski definition) is 1. The number of aliphatic hydroxyl groups excluding tert-OH is 1. The lowest BCUT2D eigenvalue weighted by Crippen LogP contribution is -2.63. The van der Waals surface area contributed by atoms with Crippen LogP contribution < -0.4 is 0 Å². The molecule has 0 amide bonds. The van der Waals surface area contributed by atoms with E-state index in [1.807, 2.05) is 0 Å². The molecule has 0 radical (unpaired) electrons. The highest BCUT2D eigenvalue weighted by atomic mass is 16.3. The first-order valence-electron chi connectivity index (χ1n) is 13.1. The Kier molecular flexibility index (Phi) is 3.77. The van der Waals surface area contributed by atoms with Gasteiger partial charge in [0.15, 0.2) is 0 Å². The Morgan fingerprint density at radius 3 is 1.77 bits per heavy atom. The molecule has 0 aromatic carbocycles. The van der Waals surface area contributed by atoms with Gasteiger partial charge in [-0.2, -0.15) is 0 Å². The van der Waals surface area contributed by atoms with Gasteiger partial charge in [-0.05, 0) is 92.8 Å². The zero-order valence-corrected chi connectivity index (χ0v) is 21.4. The number of aliphatic hydroxyl groups is 1. The fourth-order valence-electron chi connectivity index (χ4n) is 10.3. The molecule has 9 rings (SSSR count). The van der Waals surface area contributed by atoms with E-state index in [0.717, 1.165) is 18.3 Å². The monoisotopic (exact) mass is 420 g/mol. The molecule has 3 saturated carbocycles. The number of fused-ring (bicyclic) bond motifs is 8. The van der Waals surface area contributed by atoms with Crippen LogP contribution in [0.5, 0.6) is 0 Å². The summed E-state index contributed by atoms with van der Waals surface area (Å²) < 4.78 is 0. The predicted octanol–water partition coefficient (Wildman–Crippen LogP) is 7.47. The SMILES string of the molecule is CC1=C2CC(CC1C1(C3C(C)=C4CC([C@@H]3O)C4(C)C)CC3CC(=C1C)C3(C)C)C2(C)C. The van der Waals surface area contributed by atoms with Gasteiger partial charge in [0, 0.05) is 11.3 Å². The number of rotatable bonds is 2. The molecule has 6 bridgehead atoms. The molecular weight excluding hydrogens is 376 g/mol. The van der Waals surface area contributed by atoms with Gasteiger partial charge in [-0.3, -0.25) is 0 Å². The van der Waals surface area contributed by atoms with Crippen molar-refractivity contribution in [2.75, 3.05) is 0 Å². The normalized spacial score (nSPS) is 48.2. The van der Waals surface area contributed by atoms with Crippen molar-refractivity contribution in [2.24, 2.45) is 51.2 Å². The van der Waals surface area contributed by atoms with Gasteiger partial charge >= 0.3 is 0 Å². The first kappa shape index (κ1) is 20.8. The molecule has 0 aromatic rings. The topological polar surface area (TPSA) is 20.2 Å². The van der Waals surface area contributed by atoms with Crippen LogP contribution in [-0.4, -0.2) is 11.2 Å². The summed E-state index contributed by atoms with van der Waals surface area (Å²) in [6.07, 6.45) is 6.21. The highest BCUT2D eigenvalue weighted by Gasteiger charge is 2.67. The molecular formula is C30H44O. The molecule has 6 unspecified atom stereocenters. The van der Waals surface area contributed by atoms with Gasteiger partial charge in [-0.1, -0.05) is 75.0 Å². The summed E-state index contributed by atoms with van der Waals surface area (Å²) in [5, 5.41) is 12.0. The van der Waals surface area contributed by atoms with Gasteiger partial charge in [0.1, 0.15) is 0 Å². The lowest BCUT2D eigenvalue weighted by atomic mass is 9.35. The average molecular weight is 421 g/mol. The summed E-state index contributed by atoms with van der Waals surface area (Å²) in [5.41, 5.74) is 11.2. The van der Waals surface area contributed by atoms with E-state index in [0.29, 0.717) is 28.6 Å². The highest BCUT2D eigenvalue weighted by Crippen LogP contribution is 2.75. The summed E-state index contributed by atoms with van der Waals surface area (Å²) in [6.45, 7) is 22.1. The van der Waals surface area contributed by atoms with E-state index in [1.54, 1.807) is 33.4 Å². The Balaban J connectivity index is 1.57. The van der Waals surface area contributed by atoms with Crippen molar-refractivity contribution >= 4 is 0 Å². The van der Waals surface area contributed by atoms with Crippen molar-refractivity contribution in [2.45, 2.75) is 101 Å². The highest BCUT2D eigenvalue weighted by molar-refractivity contribution is 5.49. The largest absolute Gasteiger partial charge is 0.392 e. The molecule has 9 aliphatic rings. The van der Waals surface area contributed by atoms with Crippen LogP contribution in [0, 0.1) is 51.2 Å². The van der Waals surface area contributed by atoms with Crippen LogP contribution in [-0.2, 0) is 0 Å². The van der Waals surface area contributed by atoms with Gasteiger partial charge in [-0.25, -0.2) is 0 Å². The fraction of sp³-hybridized carbons (Fsp3) is 0.800. The van der Waals surface area contributed by atoms with Crippen molar-refractivity contribution < 1.29 is 5.11 Å². The van der Waals surface area contributed by atoms with E-state index in [4.69, 9.17) is 0 Å². The molecule has 7 atom stereocenters. The summed E-state index contributed by atoms with van der Waals surface area (Å²) in [5.74, 6) is 3.01. The van der Waals surface area contributed by atoms with Gasteiger partial charge in [0.05, 0.1) is 6.10 Å². The first-order chi connectivity index (χ1) is 14.3. The third-order valence-electron chi connectivity index (χ3n) is 12.8. The molecule has 0 spiro atoms. The van der Waals surface area contributed by atoms with Gasteiger partial charge < -0.3 is 5.11 Å². The first-order valence-corrected chi connectivity index (χ1v) is 13.1.